The second-order valence-corrected chi connectivity index (χ2v) is 5.80. The largest absolute Gasteiger partial charge is 0.488 e. The lowest BCUT2D eigenvalue weighted by molar-refractivity contribution is 0.112. The quantitative estimate of drug-likeness (QED) is 0.683. The Morgan fingerprint density at radius 1 is 1.40 bits per heavy atom. The minimum atomic E-state index is 0.476. The molecule has 0 aliphatic heterocycles. The van der Waals surface area contributed by atoms with E-state index in [9.17, 15) is 4.79 Å². The third-order valence-electron chi connectivity index (χ3n) is 3.05. The summed E-state index contributed by atoms with van der Waals surface area (Å²) in [6.45, 7) is 4.22. The van der Waals surface area contributed by atoms with E-state index in [4.69, 9.17) is 9.15 Å². The number of thiazole rings is 1. The van der Waals surface area contributed by atoms with Gasteiger partial charge in [-0.2, -0.15) is 0 Å². The van der Waals surface area contributed by atoms with Crippen molar-refractivity contribution in [1.29, 1.82) is 0 Å². The first-order chi connectivity index (χ1) is 9.67. The van der Waals surface area contributed by atoms with E-state index < -0.39 is 0 Å². The van der Waals surface area contributed by atoms with Crippen molar-refractivity contribution in [3.05, 3.63) is 45.6 Å². The van der Waals surface area contributed by atoms with Gasteiger partial charge in [-0.3, -0.25) is 4.79 Å². The lowest BCUT2D eigenvalue weighted by Crippen LogP contribution is -1.92. The predicted octanol–water partition coefficient (Wildman–Crippen LogP) is 3.90. The average Bonchev–Trinajstić information content (AvgIpc) is 2.98. The van der Waals surface area contributed by atoms with E-state index in [2.05, 4.69) is 4.98 Å². The fourth-order valence-electron chi connectivity index (χ4n) is 2.08. The molecule has 0 radical (unpaired) electrons. The summed E-state index contributed by atoms with van der Waals surface area (Å²) < 4.78 is 11.3. The van der Waals surface area contributed by atoms with Gasteiger partial charge < -0.3 is 9.15 Å². The number of aldehydes is 1. The number of carbonyl (C=O) groups is 1. The van der Waals surface area contributed by atoms with Crippen LogP contribution in [0.5, 0.6) is 5.75 Å². The summed E-state index contributed by atoms with van der Waals surface area (Å²) >= 11 is 1.61. The number of hydrogen-bond acceptors (Lipinski definition) is 5. The van der Waals surface area contributed by atoms with Gasteiger partial charge in [0.15, 0.2) is 6.29 Å². The Morgan fingerprint density at radius 3 is 2.95 bits per heavy atom. The normalized spacial score (nSPS) is 10.9. The van der Waals surface area contributed by atoms with Crippen LogP contribution in [0.25, 0.3) is 11.0 Å². The number of furan rings is 1. The van der Waals surface area contributed by atoms with E-state index in [0.29, 0.717) is 29.3 Å². The molecule has 0 bridgehead atoms. The highest BCUT2D eigenvalue weighted by Gasteiger charge is 2.11. The first kappa shape index (κ1) is 12.9. The standard InChI is InChI=1S/C15H13NO3S/c1-9-14(7-17)13-5-11(3-4-15(13)19-9)18-8-12-6-16-10(2)20-12/h3-7H,8H2,1-2H3. The second kappa shape index (κ2) is 5.09. The lowest BCUT2D eigenvalue weighted by atomic mass is 10.1. The molecule has 0 atom stereocenters. The third kappa shape index (κ3) is 2.32. The maximum Gasteiger partial charge on any atom is 0.154 e. The molecule has 0 spiro atoms. The van der Waals surface area contributed by atoms with Crippen LogP contribution in [0.4, 0.5) is 0 Å². The van der Waals surface area contributed by atoms with Crippen molar-refractivity contribution in [2.75, 3.05) is 0 Å². The van der Waals surface area contributed by atoms with Crippen molar-refractivity contribution in [1.82, 2.24) is 4.98 Å². The Kier molecular flexibility index (Phi) is 3.28. The van der Waals surface area contributed by atoms with Gasteiger partial charge >= 0.3 is 0 Å². The molecule has 0 N–H and O–H groups in total. The molecule has 2 heterocycles. The molecule has 3 aromatic rings. The molecule has 1 aromatic carbocycles. The van der Waals surface area contributed by atoms with E-state index in [0.717, 1.165) is 21.6 Å². The summed E-state index contributed by atoms with van der Waals surface area (Å²) in [6.07, 6.45) is 2.63. The SMILES string of the molecule is Cc1ncc(COc2ccc3oc(C)c(C=O)c3c2)s1. The molecule has 0 saturated heterocycles. The molecule has 3 rings (SSSR count). The number of aromatic nitrogens is 1. The topological polar surface area (TPSA) is 52.3 Å². The highest BCUT2D eigenvalue weighted by molar-refractivity contribution is 7.11. The minimum Gasteiger partial charge on any atom is -0.488 e. The van der Waals surface area contributed by atoms with E-state index >= 15 is 0 Å². The number of nitrogens with zero attached hydrogens (tertiary/aromatic N) is 1. The van der Waals surface area contributed by atoms with E-state index in [1.807, 2.05) is 31.3 Å². The minimum absolute atomic E-state index is 0.476. The molecule has 0 aliphatic rings. The molecule has 0 fully saturated rings. The van der Waals surface area contributed by atoms with Crippen molar-refractivity contribution in [3.8, 4) is 5.75 Å². The highest BCUT2D eigenvalue weighted by atomic mass is 32.1. The third-order valence-corrected chi connectivity index (χ3v) is 3.94. The van der Waals surface area contributed by atoms with Gasteiger partial charge in [-0.1, -0.05) is 0 Å². The van der Waals surface area contributed by atoms with E-state index in [1.165, 1.54) is 0 Å². The van der Waals surface area contributed by atoms with Crippen LogP contribution < -0.4 is 4.74 Å². The van der Waals surface area contributed by atoms with Crippen molar-refractivity contribution in [2.45, 2.75) is 20.5 Å². The highest BCUT2D eigenvalue weighted by Crippen LogP contribution is 2.28. The summed E-state index contributed by atoms with van der Waals surface area (Å²) in [6, 6.07) is 5.50. The van der Waals surface area contributed by atoms with Crippen LogP contribution >= 0.6 is 11.3 Å². The number of ether oxygens (including phenoxy) is 1. The summed E-state index contributed by atoms with van der Waals surface area (Å²) in [4.78, 5) is 16.3. The van der Waals surface area contributed by atoms with E-state index in [-0.39, 0.29) is 0 Å². The Balaban J connectivity index is 1.86. The Bertz CT molecular complexity index is 773. The zero-order valence-corrected chi connectivity index (χ0v) is 12.0. The zero-order chi connectivity index (χ0) is 14.1. The van der Waals surface area contributed by atoms with Gasteiger partial charge in [-0.15, -0.1) is 11.3 Å². The number of carbonyl (C=O) groups excluding carboxylic acids is 1. The summed E-state index contributed by atoms with van der Waals surface area (Å²) in [7, 11) is 0. The predicted molar refractivity (Wildman–Crippen MR) is 77.5 cm³/mol. The molecule has 5 heteroatoms. The van der Waals surface area contributed by atoms with Crippen LogP contribution in [0.2, 0.25) is 0 Å². The number of aryl methyl sites for hydroxylation is 2. The molecule has 0 aliphatic carbocycles. The number of fused-ring (bicyclic) bond motifs is 1. The second-order valence-electron chi connectivity index (χ2n) is 4.48. The maximum absolute atomic E-state index is 11.1. The molecular weight excluding hydrogens is 274 g/mol. The Labute approximate surface area is 120 Å². The number of hydrogen-bond donors (Lipinski definition) is 0. The van der Waals surface area contributed by atoms with Crippen LogP contribution in [0.15, 0.2) is 28.8 Å². The molecule has 0 saturated carbocycles. The number of rotatable bonds is 4. The van der Waals surface area contributed by atoms with Gasteiger partial charge in [0.1, 0.15) is 23.7 Å². The summed E-state index contributed by atoms with van der Waals surface area (Å²) in [5.41, 5.74) is 1.28. The van der Waals surface area contributed by atoms with Crippen molar-refractivity contribution in [2.24, 2.45) is 0 Å². The van der Waals surface area contributed by atoms with Gasteiger partial charge in [0, 0.05) is 11.6 Å². The number of benzene rings is 1. The van der Waals surface area contributed by atoms with Crippen LogP contribution in [-0.4, -0.2) is 11.3 Å². The Hall–Kier alpha value is -2.14. The summed E-state index contributed by atoms with van der Waals surface area (Å²) in [5.74, 6) is 1.35. The van der Waals surface area contributed by atoms with E-state index in [1.54, 1.807) is 18.3 Å². The van der Waals surface area contributed by atoms with Gasteiger partial charge in [0.05, 0.1) is 15.4 Å². The molecule has 102 valence electrons. The van der Waals surface area contributed by atoms with Crippen LogP contribution in [0.1, 0.15) is 26.0 Å². The molecule has 2 aromatic heterocycles. The van der Waals surface area contributed by atoms with Gasteiger partial charge in [0.2, 0.25) is 0 Å². The molecule has 20 heavy (non-hydrogen) atoms. The van der Waals surface area contributed by atoms with Gasteiger partial charge in [-0.25, -0.2) is 4.98 Å². The molecular formula is C15H13NO3S. The van der Waals surface area contributed by atoms with Crippen molar-refractivity contribution < 1.29 is 13.9 Å². The zero-order valence-electron chi connectivity index (χ0n) is 11.2. The van der Waals surface area contributed by atoms with Crippen LogP contribution in [-0.2, 0) is 6.61 Å². The van der Waals surface area contributed by atoms with Gasteiger partial charge in [0.25, 0.3) is 0 Å². The first-order valence-corrected chi connectivity index (χ1v) is 7.01. The fourth-order valence-corrected chi connectivity index (χ4v) is 2.79. The average molecular weight is 287 g/mol. The fraction of sp³-hybridized carbons (Fsp3) is 0.200. The molecule has 0 amide bonds. The Morgan fingerprint density at radius 2 is 2.25 bits per heavy atom. The smallest absolute Gasteiger partial charge is 0.154 e. The van der Waals surface area contributed by atoms with Gasteiger partial charge in [-0.05, 0) is 32.0 Å². The molecule has 4 nitrogen and oxygen atoms in total. The first-order valence-electron chi connectivity index (χ1n) is 6.20. The lowest BCUT2D eigenvalue weighted by Gasteiger charge is -2.04. The monoisotopic (exact) mass is 287 g/mol. The van der Waals surface area contributed by atoms with Crippen molar-refractivity contribution in [3.63, 3.8) is 0 Å². The summed E-state index contributed by atoms with van der Waals surface area (Å²) in [5, 5.41) is 1.81. The van der Waals surface area contributed by atoms with Crippen LogP contribution in [0, 0.1) is 13.8 Å². The maximum atomic E-state index is 11.1. The molecule has 0 unspecified atom stereocenters. The van der Waals surface area contributed by atoms with Crippen molar-refractivity contribution >= 4 is 28.6 Å². The van der Waals surface area contributed by atoms with Crippen LogP contribution in [0.3, 0.4) is 0 Å².